The summed E-state index contributed by atoms with van der Waals surface area (Å²) in [5.41, 5.74) is -0.191. The molecule has 1 unspecified atom stereocenters. The van der Waals surface area contributed by atoms with Crippen molar-refractivity contribution in [2.24, 2.45) is 0 Å². The molecule has 1 atom stereocenters. The van der Waals surface area contributed by atoms with Crippen LogP contribution in [0.1, 0.15) is 10.4 Å². The predicted molar refractivity (Wildman–Crippen MR) is 43.0 cm³/mol. The number of carbonyl (C=O) groups excluding carboxylic acids is 1. The first-order chi connectivity index (χ1) is 6.02. The van der Waals surface area contributed by atoms with E-state index in [1.54, 1.807) is 0 Å². The Bertz CT molecular complexity index is 373. The molecule has 1 aromatic rings. The molecule has 1 rings (SSSR count). The molecule has 0 fully saturated rings. The molecule has 0 saturated heterocycles. The van der Waals surface area contributed by atoms with Gasteiger partial charge in [0.15, 0.2) is 11.5 Å². The summed E-state index contributed by atoms with van der Waals surface area (Å²) < 4.78 is 20.4. The molecular formula is C7H5O5S-. The molecule has 0 aliphatic rings. The van der Waals surface area contributed by atoms with Crippen LogP contribution in [-0.4, -0.2) is 24.1 Å². The molecular weight excluding hydrogens is 196 g/mol. The largest absolute Gasteiger partial charge is 0.766 e. The van der Waals surface area contributed by atoms with Crippen LogP contribution in [0.3, 0.4) is 0 Å². The molecule has 13 heavy (non-hydrogen) atoms. The van der Waals surface area contributed by atoms with Gasteiger partial charge in [-0.2, -0.15) is 0 Å². The molecule has 0 aliphatic carbocycles. The SMILES string of the molecule is O=C(c1ccc(O)c(O)c1)S(=O)[O-]. The van der Waals surface area contributed by atoms with E-state index in [-0.39, 0.29) is 5.56 Å². The molecule has 2 N–H and O–H groups in total. The highest BCUT2D eigenvalue weighted by atomic mass is 32.2. The van der Waals surface area contributed by atoms with Gasteiger partial charge >= 0.3 is 0 Å². The summed E-state index contributed by atoms with van der Waals surface area (Å²) >= 11 is -2.86. The molecule has 6 heteroatoms. The van der Waals surface area contributed by atoms with Gasteiger partial charge in [0.1, 0.15) is 0 Å². The summed E-state index contributed by atoms with van der Waals surface area (Å²) in [5.74, 6) is -0.940. The molecule has 0 radical (unpaired) electrons. The first-order valence-electron chi connectivity index (χ1n) is 3.18. The third kappa shape index (κ3) is 2.04. The van der Waals surface area contributed by atoms with Gasteiger partial charge in [-0.3, -0.25) is 9.00 Å². The molecule has 1 aromatic carbocycles. The first-order valence-corrected chi connectivity index (χ1v) is 4.25. The van der Waals surface area contributed by atoms with Crippen molar-refractivity contribution < 1.29 is 23.8 Å². The first kappa shape index (κ1) is 9.69. The van der Waals surface area contributed by atoms with Gasteiger partial charge < -0.3 is 14.8 Å². The van der Waals surface area contributed by atoms with Crippen molar-refractivity contribution in [2.75, 3.05) is 0 Å². The monoisotopic (exact) mass is 201 g/mol. The third-order valence-electron chi connectivity index (χ3n) is 1.36. The van der Waals surface area contributed by atoms with E-state index in [4.69, 9.17) is 10.2 Å². The summed E-state index contributed by atoms with van der Waals surface area (Å²) in [7, 11) is 0. The van der Waals surface area contributed by atoms with Gasteiger partial charge in [-0.1, -0.05) is 0 Å². The standard InChI is InChI=1S/C7H6O5S/c8-5-2-1-4(3-6(5)9)7(10)13(11)12/h1-3,8-9H,(H,11,12)/p-1. The lowest BCUT2D eigenvalue weighted by atomic mass is 10.2. The summed E-state index contributed by atoms with van der Waals surface area (Å²) in [6.07, 6.45) is 0. The van der Waals surface area contributed by atoms with Crippen LogP contribution in [0.25, 0.3) is 0 Å². The van der Waals surface area contributed by atoms with Gasteiger partial charge in [-0.25, -0.2) is 0 Å². The van der Waals surface area contributed by atoms with Crippen LogP contribution in [-0.2, 0) is 11.1 Å². The van der Waals surface area contributed by atoms with E-state index in [2.05, 4.69) is 0 Å². The second-order valence-corrected chi connectivity index (χ2v) is 3.07. The fraction of sp³-hybridized carbons (Fsp3) is 0. The highest BCUT2D eigenvalue weighted by Gasteiger charge is 2.08. The van der Waals surface area contributed by atoms with Crippen LogP contribution in [0.5, 0.6) is 11.5 Å². The van der Waals surface area contributed by atoms with Crippen molar-refractivity contribution in [3.05, 3.63) is 23.8 Å². The Morgan fingerprint density at radius 3 is 2.38 bits per heavy atom. The summed E-state index contributed by atoms with van der Waals surface area (Å²) in [5, 5.41) is 16.6. The van der Waals surface area contributed by atoms with Crippen molar-refractivity contribution in [1.29, 1.82) is 0 Å². The Hall–Kier alpha value is -1.40. The summed E-state index contributed by atoms with van der Waals surface area (Å²) in [6, 6.07) is 3.02. The lowest BCUT2D eigenvalue weighted by molar-refractivity contribution is 0.107. The Morgan fingerprint density at radius 2 is 1.92 bits per heavy atom. The predicted octanol–water partition coefficient (Wildman–Crippen LogP) is 0.117. The van der Waals surface area contributed by atoms with Gasteiger partial charge in [0.25, 0.3) is 0 Å². The molecule has 0 aliphatic heterocycles. The minimum atomic E-state index is -2.86. The van der Waals surface area contributed by atoms with E-state index in [1.165, 1.54) is 0 Å². The zero-order valence-corrected chi connectivity index (χ0v) is 7.08. The Labute approximate surface area is 75.9 Å². The second-order valence-electron chi connectivity index (χ2n) is 2.23. The van der Waals surface area contributed by atoms with Gasteiger partial charge in [0.2, 0.25) is 5.12 Å². The third-order valence-corrected chi connectivity index (χ3v) is 1.90. The van der Waals surface area contributed by atoms with Gasteiger partial charge in [-0.15, -0.1) is 0 Å². The maximum atomic E-state index is 10.8. The smallest absolute Gasteiger partial charge is 0.236 e. The number of benzene rings is 1. The second kappa shape index (κ2) is 3.55. The quantitative estimate of drug-likeness (QED) is 0.496. The van der Waals surface area contributed by atoms with Crippen molar-refractivity contribution in [1.82, 2.24) is 0 Å². The molecule has 0 heterocycles. The fourth-order valence-corrected chi connectivity index (χ4v) is 1.07. The van der Waals surface area contributed by atoms with E-state index in [0.717, 1.165) is 18.2 Å². The van der Waals surface area contributed by atoms with E-state index < -0.39 is 27.7 Å². The molecule has 0 amide bonds. The highest BCUT2D eigenvalue weighted by Crippen LogP contribution is 2.25. The minimum Gasteiger partial charge on any atom is -0.766 e. The van der Waals surface area contributed by atoms with E-state index in [9.17, 15) is 13.6 Å². The zero-order valence-electron chi connectivity index (χ0n) is 6.26. The van der Waals surface area contributed by atoms with E-state index in [1.807, 2.05) is 0 Å². The zero-order chi connectivity index (χ0) is 10.0. The molecule has 5 nitrogen and oxygen atoms in total. The highest BCUT2D eigenvalue weighted by molar-refractivity contribution is 7.95. The number of rotatable bonds is 1. The molecule has 0 bridgehead atoms. The number of hydrogen-bond acceptors (Lipinski definition) is 5. The average Bonchev–Trinajstić information content (AvgIpc) is 2.08. The van der Waals surface area contributed by atoms with Crippen molar-refractivity contribution >= 4 is 16.2 Å². The average molecular weight is 201 g/mol. The van der Waals surface area contributed by atoms with E-state index >= 15 is 0 Å². The molecule has 0 aromatic heterocycles. The molecule has 0 spiro atoms. The molecule has 0 saturated carbocycles. The van der Waals surface area contributed by atoms with Crippen LogP contribution in [0.4, 0.5) is 0 Å². The maximum Gasteiger partial charge on any atom is 0.236 e. The van der Waals surface area contributed by atoms with Crippen molar-refractivity contribution in [2.45, 2.75) is 0 Å². The van der Waals surface area contributed by atoms with Gasteiger partial charge in [-0.05, 0) is 18.2 Å². The van der Waals surface area contributed by atoms with Crippen molar-refractivity contribution in [3.63, 3.8) is 0 Å². The van der Waals surface area contributed by atoms with Crippen LogP contribution in [0, 0.1) is 0 Å². The van der Waals surface area contributed by atoms with E-state index in [0.29, 0.717) is 0 Å². The lowest BCUT2D eigenvalue weighted by Crippen LogP contribution is -2.05. The Morgan fingerprint density at radius 1 is 1.31 bits per heavy atom. The number of phenols is 2. The fourth-order valence-electron chi connectivity index (χ4n) is 0.747. The maximum absolute atomic E-state index is 10.8. The number of carbonyl (C=O) groups is 1. The number of hydrogen-bond donors (Lipinski definition) is 2. The number of phenolic OH excluding ortho intramolecular Hbond substituents is 2. The molecule has 70 valence electrons. The summed E-state index contributed by atoms with van der Waals surface area (Å²) in [4.78, 5) is 10.8. The van der Waals surface area contributed by atoms with Crippen LogP contribution in [0.2, 0.25) is 0 Å². The van der Waals surface area contributed by atoms with Gasteiger partial charge in [0.05, 0.1) is 0 Å². The minimum absolute atomic E-state index is 0.191. The Kier molecular flexibility index (Phi) is 2.64. The van der Waals surface area contributed by atoms with Crippen LogP contribution in [0.15, 0.2) is 18.2 Å². The van der Waals surface area contributed by atoms with Crippen LogP contribution >= 0.6 is 0 Å². The topological polar surface area (TPSA) is 97.7 Å². The van der Waals surface area contributed by atoms with Gasteiger partial charge in [0, 0.05) is 16.6 Å². The summed E-state index contributed by atoms with van der Waals surface area (Å²) in [6.45, 7) is 0. The number of aromatic hydroxyl groups is 2. The van der Waals surface area contributed by atoms with Crippen LogP contribution < -0.4 is 0 Å². The van der Waals surface area contributed by atoms with Crippen molar-refractivity contribution in [3.8, 4) is 11.5 Å². The lowest BCUT2D eigenvalue weighted by Gasteiger charge is -2.04. The Balaban J connectivity index is 3.11. The normalized spacial score (nSPS) is 12.4.